The maximum atomic E-state index is 12.0. The fourth-order valence-corrected chi connectivity index (χ4v) is 4.83. The lowest BCUT2D eigenvalue weighted by Crippen LogP contribution is -2.44. The summed E-state index contributed by atoms with van der Waals surface area (Å²) in [6.07, 6.45) is 7.39. The van der Waals surface area contributed by atoms with Crippen LogP contribution in [0.25, 0.3) is 0 Å². The van der Waals surface area contributed by atoms with Crippen LogP contribution in [0.3, 0.4) is 0 Å². The highest BCUT2D eigenvalue weighted by Crippen LogP contribution is 2.28. The zero-order chi connectivity index (χ0) is 22.5. The first-order valence-electron chi connectivity index (χ1n) is 11.2. The number of nitrogens with one attached hydrogen (secondary N) is 2. The molecular weight excluding hydrogens is 424 g/mol. The summed E-state index contributed by atoms with van der Waals surface area (Å²) < 4.78 is 6.35. The summed E-state index contributed by atoms with van der Waals surface area (Å²) in [6, 6.07) is 4.04. The van der Waals surface area contributed by atoms with Gasteiger partial charge in [0.05, 0.1) is 0 Å². The Labute approximate surface area is 193 Å². The number of carbonyl (C=O) groups excluding carboxylic acids is 1. The van der Waals surface area contributed by atoms with Crippen molar-refractivity contribution in [2.24, 2.45) is 0 Å². The first kappa shape index (κ1) is 22.5. The third-order valence-electron chi connectivity index (χ3n) is 5.88. The van der Waals surface area contributed by atoms with Crippen LogP contribution in [0.2, 0.25) is 0 Å². The summed E-state index contributed by atoms with van der Waals surface area (Å²) in [5, 5.41) is 7.64. The van der Waals surface area contributed by atoms with Crippen molar-refractivity contribution in [3.8, 4) is 5.75 Å². The van der Waals surface area contributed by atoms with Crippen molar-refractivity contribution in [3.05, 3.63) is 35.9 Å². The van der Waals surface area contributed by atoms with E-state index in [4.69, 9.17) is 9.72 Å². The molecule has 2 aliphatic rings. The summed E-state index contributed by atoms with van der Waals surface area (Å²) in [5.74, 6) is 2.21. The van der Waals surface area contributed by atoms with E-state index in [0.29, 0.717) is 12.4 Å². The van der Waals surface area contributed by atoms with Crippen LogP contribution in [0.4, 0.5) is 16.8 Å². The molecule has 0 aromatic carbocycles. The first-order valence-corrected chi connectivity index (χ1v) is 12.0. The Balaban J connectivity index is 1.51. The fraction of sp³-hybridized carbons (Fsp3) is 0.522. The number of rotatable bonds is 7. The van der Waals surface area contributed by atoms with Gasteiger partial charge in [0.1, 0.15) is 23.5 Å². The van der Waals surface area contributed by atoms with Gasteiger partial charge in [-0.25, -0.2) is 9.97 Å². The Bertz CT molecular complexity index is 940. The fourth-order valence-electron chi connectivity index (χ4n) is 4.16. The van der Waals surface area contributed by atoms with Crippen LogP contribution in [-0.2, 0) is 4.79 Å². The second-order valence-corrected chi connectivity index (χ2v) is 9.80. The lowest BCUT2D eigenvalue weighted by molar-refractivity contribution is -0.127. The largest absolute Gasteiger partial charge is 0.490 e. The number of hydrogen-bond donors (Lipinski definition) is 2. The van der Waals surface area contributed by atoms with E-state index >= 15 is 0 Å². The molecule has 2 aromatic rings. The van der Waals surface area contributed by atoms with Gasteiger partial charge in [-0.1, -0.05) is 6.58 Å². The quantitative estimate of drug-likeness (QED) is 0.616. The van der Waals surface area contributed by atoms with Crippen molar-refractivity contribution in [1.29, 1.82) is 0 Å². The number of aromatic nitrogens is 2. The van der Waals surface area contributed by atoms with Crippen LogP contribution in [0.15, 0.2) is 31.0 Å². The van der Waals surface area contributed by atoms with Crippen LogP contribution in [0.1, 0.15) is 30.6 Å². The van der Waals surface area contributed by atoms with Gasteiger partial charge in [-0.05, 0) is 45.7 Å². The number of anilines is 3. The molecule has 9 heteroatoms. The number of aryl methyl sites for hydroxylation is 1. The van der Waals surface area contributed by atoms with Crippen molar-refractivity contribution in [3.63, 3.8) is 0 Å². The molecule has 1 atom stereocenters. The third-order valence-corrected chi connectivity index (χ3v) is 6.71. The molecule has 4 rings (SSSR count). The van der Waals surface area contributed by atoms with E-state index in [2.05, 4.69) is 34.1 Å². The average molecular weight is 457 g/mol. The molecule has 1 amide bonds. The van der Waals surface area contributed by atoms with Crippen LogP contribution in [0.5, 0.6) is 5.75 Å². The van der Waals surface area contributed by atoms with Gasteiger partial charge < -0.3 is 25.2 Å². The molecule has 172 valence electrons. The van der Waals surface area contributed by atoms with E-state index in [-0.39, 0.29) is 18.1 Å². The van der Waals surface area contributed by atoms with E-state index in [0.717, 1.165) is 66.9 Å². The second kappa shape index (κ2) is 10.3. The van der Waals surface area contributed by atoms with Gasteiger partial charge >= 0.3 is 0 Å². The Kier molecular flexibility index (Phi) is 7.26. The predicted octanol–water partition coefficient (Wildman–Crippen LogP) is 3.65. The van der Waals surface area contributed by atoms with E-state index < -0.39 is 0 Å². The van der Waals surface area contributed by atoms with Crippen LogP contribution in [0, 0.1) is 6.92 Å². The molecule has 0 spiro atoms. The number of piperidine rings is 2. The first-order chi connectivity index (χ1) is 15.5. The smallest absolute Gasteiger partial charge is 0.246 e. The molecule has 4 heterocycles. The van der Waals surface area contributed by atoms with Gasteiger partial charge in [0.25, 0.3) is 0 Å². The van der Waals surface area contributed by atoms with Gasteiger partial charge in [-0.2, -0.15) is 0 Å². The van der Waals surface area contributed by atoms with Crippen molar-refractivity contribution in [2.75, 3.05) is 43.9 Å². The van der Waals surface area contributed by atoms with Crippen LogP contribution >= 0.6 is 11.3 Å². The molecule has 2 aromatic heterocycles. The molecule has 0 radical (unpaired) electrons. The molecule has 2 saturated heterocycles. The Hall–Kier alpha value is -2.65. The Morgan fingerprint density at radius 1 is 1.25 bits per heavy atom. The predicted molar refractivity (Wildman–Crippen MR) is 129 cm³/mol. The Morgan fingerprint density at radius 2 is 2.03 bits per heavy atom. The molecule has 2 N–H and O–H groups in total. The average Bonchev–Trinajstić information content (AvgIpc) is 3.19. The van der Waals surface area contributed by atoms with Crippen molar-refractivity contribution in [2.45, 2.75) is 44.8 Å². The highest BCUT2D eigenvalue weighted by Gasteiger charge is 2.23. The minimum atomic E-state index is -0.0229. The number of carbonyl (C=O) groups is 1. The maximum Gasteiger partial charge on any atom is 0.246 e. The second-order valence-electron chi connectivity index (χ2n) is 8.57. The maximum absolute atomic E-state index is 12.0. The molecule has 2 aliphatic heterocycles. The van der Waals surface area contributed by atoms with Crippen molar-refractivity contribution in [1.82, 2.24) is 19.8 Å². The molecule has 0 saturated carbocycles. The molecule has 0 bridgehead atoms. The number of amides is 1. The van der Waals surface area contributed by atoms with Gasteiger partial charge in [0.15, 0.2) is 5.13 Å². The lowest BCUT2D eigenvalue weighted by Gasteiger charge is -2.33. The summed E-state index contributed by atoms with van der Waals surface area (Å²) >= 11 is 1.59. The molecular formula is C23H32N6O2S. The van der Waals surface area contributed by atoms with Gasteiger partial charge in [0, 0.05) is 55.4 Å². The highest BCUT2D eigenvalue weighted by atomic mass is 32.1. The number of hydrogen-bond acceptors (Lipinski definition) is 8. The van der Waals surface area contributed by atoms with E-state index in [1.807, 2.05) is 30.2 Å². The summed E-state index contributed by atoms with van der Waals surface area (Å²) in [5.41, 5.74) is 0. The number of nitrogens with zero attached hydrogens (tertiary/aromatic N) is 4. The normalized spacial score (nSPS) is 20.1. The zero-order valence-corrected chi connectivity index (χ0v) is 19.7. The van der Waals surface area contributed by atoms with E-state index in [1.165, 1.54) is 6.08 Å². The van der Waals surface area contributed by atoms with Gasteiger partial charge in [0.2, 0.25) is 5.91 Å². The molecule has 0 unspecified atom stereocenters. The number of likely N-dealkylation sites (tertiary alicyclic amines) is 2. The molecule has 2 fully saturated rings. The monoisotopic (exact) mass is 456 g/mol. The molecule has 0 aliphatic carbocycles. The van der Waals surface area contributed by atoms with E-state index in [1.54, 1.807) is 11.3 Å². The minimum absolute atomic E-state index is 0.0229. The SMILES string of the molecule is C=CC(=O)N1CCC[C@H](Nc2cc(OC3CCN(C)CC3)cc(Nc3ncc(C)s3)n2)C1. The van der Waals surface area contributed by atoms with Crippen molar-refractivity contribution < 1.29 is 9.53 Å². The molecule has 32 heavy (non-hydrogen) atoms. The summed E-state index contributed by atoms with van der Waals surface area (Å²) in [6.45, 7) is 9.14. The number of thiazole rings is 1. The topological polar surface area (TPSA) is 82.6 Å². The zero-order valence-electron chi connectivity index (χ0n) is 18.8. The van der Waals surface area contributed by atoms with Gasteiger partial charge in [-0.3, -0.25) is 4.79 Å². The summed E-state index contributed by atoms with van der Waals surface area (Å²) in [7, 11) is 2.15. The third kappa shape index (κ3) is 5.98. The highest BCUT2D eigenvalue weighted by molar-refractivity contribution is 7.15. The number of pyridine rings is 1. The van der Waals surface area contributed by atoms with Gasteiger partial charge in [-0.15, -0.1) is 11.3 Å². The van der Waals surface area contributed by atoms with Crippen molar-refractivity contribution >= 4 is 34.0 Å². The lowest BCUT2D eigenvalue weighted by atomic mass is 10.1. The number of ether oxygens (including phenoxy) is 1. The van der Waals surface area contributed by atoms with E-state index in [9.17, 15) is 4.79 Å². The Morgan fingerprint density at radius 3 is 2.75 bits per heavy atom. The minimum Gasteiger partial charge on any atom is -0.490 e. The standard InChI is InChI=1S/C23H32N6O2S/c1-4-22(30)29-9-5-6-17(15-29)25-20-12-19(31-18-7-10-28(3)11-8-18)13-21(26-20)27-23-24-14-16(2)32-23/h4,12-14,17-18H,1,5-11,15H2,2-3H3,(H2,24,25,26,27)/t17-/m0/s1. The molecule has 8 nitrogen and oxygen atoms in total. The summed E-state index contributed by atoms with van der Waals surface area (Å²) in [4.78, 5) is 26.5. The van der Waals surface area contributed by atoms with Crippen LogP contribution in [-0.4, -0.2) is 71.0 Å². The van der Waals surface area contributed by atoms with Crippen LogP contribution < -0.4 is 15.4 Å².